The molecule has 57 heavy (non-hydrogen) atoms. The van der Waals surface area contributed by atoms with E-state index in [1.54, 1.807) is 0 Å². The normalized spacial score (nSPS) is 11.9. The number of para-hydroxylation sites is 5. The van der Waals surface area contributed by atoms with Crippen LogP contribution < -0.4 is 0 Å². The number of aromatic nitrogens is 4. The minimum absolute atomic E-state index is 0.524. The van der Waals surface area contributed by atoms with Crippen LogP contribution >= 0.6 is 0 Å². The van der Waals surface area contributed by atoms with Crippen LogP contribution in [0, 0.1) is 0 Å². The molecule has 0 fully saturated rings. The van der Waals surface area contributed by atoms with Gasteiger partial charge >= 0.3 is 0 Å². The number of furan rings is 2. The molecule has 0 unspecified atom stereocenters. The summed E-state index contributed by atoms with van der Waals surface area (Å²) in [7, 11) is 0. The summed E-state index contributed by atoms with van der Waals surface area (Å²) in [5.74, 6) is 1.63. The molecule has 0 atom stereocenters. The zero-order valence-corrected chi connectivity index (χ0v) is 30.4. The lowest BCUT2D eigenvalue weighted by atomic mass is 10.0. The van der Waals surface area contributed by atoms with Gasteiger partial charge in [-0.05, 0) is 65.7 Å². The average molecular weight is 731 g/mol. The quantitative estimate of drug-likeness (QED) is 0.176. The van der Waals surface area contributed by atoms with Gasteiger partial charge in [0, 0.05) is 43.6 Å². The fourth-order valence-corrected chi connectivity index (χ4v) is 8.42. The predicted molar refractivity (Wildman–Crippen MR) is 230 cm³/mol. The lowest BCUT2D eigenvalue weighted by molar-refractivity contribution is 0.669. The largest absolute Gasteiger partial charge is 0.455 e. The summed E-state index contributed by atoms with van der Waals surface area (Å²) in [6.07, 6.45) is 0. The smallest absolute Gasteiger partial charge is 0.167 e. The van der Waals surface area contributed by atoms with Crippen LogP contribution in [-0.4, -0.2) is 19.5 Å². The van der Waals surface area contributed by atoms with Crippen molar-refractivity contribution < 1.29 is 8.83 Å². The monoisotopic (exact) mass is 730 g/mol. The maximum absolute atomic E-state index is 6.69. The van der Waals surface area contributed by atoms with E-state index >= 15 is 0 Å². The minimum Gasteiger partial charge on any atom is -0.455 e. The highest BCUT2D eigenvalue weighted by atomic mass is 16.3. The third kappa shape index (κ3) is 4.94. The van der Waals surface area contributed by atoms with Crippen LogP contribution in [0.25, 0.3) is 117 Å². The summed E-state index contributed by atoms with van der Waals surface area (Å²) in [6.45, 7) is 0. The number of hydrogen-bond acceptors (Lipinski definition) is 5. The second kappa shape index (κ2) is 12.3. The second-order valence-corrected chi connectivity index (χ2v) is 14.4. The van der Waals surface area contributed by atoms with Gasteiger partial charge in [0.2, 0.25) is 0 Å². The van der Waals surface area contributed by atoms with E-state index in [2.05, 4.69) is 120 Å². The van der Waals surface area contributed by atoms with Crippen LogP contribution in [0.2, 0.25) is 0 Å². The van der Waals surface area contributed by atoms with Crippen LogP contribution in [0.3, 0.4) is 0 Å². The Bertz CT molecular complexity index is 3530. The van der Waals surface area contributed by atoms with E-state index < -0.39 is 0 Å². The van der Waals surface area contributed by atoms with Gasteiger partial charge in [0.1, 0.15) is 22.3 Å². The highest BCUT2D eigenvalue weighted by molar-refractivity contribution is 6.13. The van der Waals surface area contributed by atoms with Crippen molar-refractivity contribution in [1.29, 1.82) is 0 Å². The van der Waals surface area contributed by atoms with Crippen molar-refractivity contribution in [3.8, 4) is 51.0 Å². The zero-order chi connectivity index (χ0) is 37.5. The molecule has 266 valence electrons. The molecule has 0 amide bonds. The van der Waals surface area contributed by atoms with Gasteiger partial charge in [-0.2, -0.15) is 0 Å². The number of nitrogens with zero attached hydrogens (tertiary/aromatic N) is 4. The van der Waals surface area contributed by atoms with E-state index in [1.807, 2.05) is 66.7 Å². The van der Waals surface area contributed by atoms with Crippen LogP contribution in [0.1, 0.15) is 0 Å². The van der Waals surface area contributed by atoms with Crippen molar-refractivity contribution in [1.82, 2.24) is 19.5 Å². The van der Waals surface area contributed by atoms with Gasteiger partial charge in [0.15, 0.2) is 17.5 Å². The first kappa shape index (κ1) is 31.5. The Labute approximate surface area is 325 Å². The molecule has 8 aromatic carbocycles. The lowest BCUT2D eigenvalue weighted by Crippen LogP contribution is -2.00. The zero-order valence-electron chi connectivity index (χ0n) is 30.4. The molecule has 4 aromatic heterocycles. The molecule has 4 heterocycles. The van der Waals surface area contributed by atoms with E-state index in [9.17, 15) is 0 Å². The van der Waals surface area contributed by atoms with E-state index in [1.165, 1.54) is 16.3 Å². The predicted octanol–water partition coefficient (Wildman–Crippen LogP) is 13.4. The lowest BCUT2D eigenvalue weighted by Gasteiger charge is -2.09. The topological polar surface area (TPSA) is 69.9 Å². The second-order valence-electron chi connectivity index (χ2n) is 14.4. The summed E-state index contributed by atoms with van der Waals surface area (Å²) < 4.78 is 15.5. The number of rotatable bonds is 5. The third-order valence-electron chi connectivity index (χ3n) is 11.1. The molecule has 0 bridgehead atoms. The Morgan fingerprint density at radius 3 is 1.63 bits per heavy atom. The van der Waals surface area contributed by atoms with E-state index in [0.29, 0.717) is 17.5 Å². The van der Waals surface area contributed by atoms with Crippen LogP contribution in [-0.2, 0) is 0 Å². The van der Waals surface area contributed by atoms with E-state index in [4.69, 9.17) is 23.8 Å². The van der Waals surface area contributed by atoms with Gasteiger partial charge in [0.05, 0.1) is 22.2 Å². The van der Waals surface area contributed by atoms with Crippen LogP contribution in [0.15, 0.2) is 191 Å². The van der Waals surface area contributed by atoms with Gasteiger partial charge in [-0.25, -0.2) is 15.0 Å². The summed E-state index contributed by atoms with van der Waals surface area (Å²) in [4.78, 5) is 15.2. The van der Waals surface area contributed by atoms with Gasteiger partial charge in [-0.1, -0.05) is 127 Å². The molecule has 0 N–H and O–H groups in total. The highest BCUT2D eigenvalue weighted by Gasteiger charge is 2.21. The summed E-state index contributed by atoms with van der Waals surface area (Å²) in [5.41, 5.74) is 11.3. The summed E-state index contributed by atoms with van der Waals surface area (Å²) in [5, 5.41) is 6.54. The molecular weight excluding hydrogens is 701 g/mol. The Balaban J connectivity index is 1.03. The Morgan fingerprint density at radius 2 is 0.877 bits per heavy atom. The molecule has 0 radical (unpaired) electrons. The van der Waals surface area contributed by atoms with Crippen molar-refractivity contribution in [3.05, 3.63) is 182 Å². The van der Waals surface area contributed by atoms with Crippen LogP contribution in [0.4, 0.5) is 0 Å². The standard InChI is InChI=1S/C51H30N4O2/c1-3-13-31(14-4-1)49-52-50(40-21-11-19-38-37-18-8-10-24-45(37)56-47(38)40)54-51(53-49)41-22-12-20-39-42-29-32(26-28-46(42)57-48(39)41)33-25-27-36-35-17-7-9-23-43(35)55(44(36)30-33)34-15-5-2-6-16-34/h1-30H. The summed E-state index contributed by atoms with van der Waals surface area (Å²) >= 11 is 0. The van der Waals surface area contributed by atoms with Crippen molar-refractivity contribution in [2.24, 2.45) is 0 Å². The van der Waals surface area contributed by atoms with E-state index in [0.717, 1.165) is 82.9 Å². The molecule has 0 spiro atoms. The molecular formula is C51H30N4O2. The Hall–Kier alpha value is -7.83. The summed E-state index contributed by atoms with van der Waals surface area (Å²) in [6, 6.07) is 62.8. The van der Waals surface area contributed by atoms with Gasteiger partial charge in [0.25, 0.3) is 0 Å². The highest BCUT2D eigenvalue weighted by Crippen LogP contribution is 2.40. The first-order valence-corrected chi connectivity index (χ1v) is 19.0. The van der Waals surface area contributed by atoms with Crippen molar-refractivity contribution in [2.75, 3.05) is 0 Å². The van der Waals surface area contributed by atoms with Crippen molar-refractivity contribution in [2.45, 2.75) is 0 Å². The maximum atomic E-state index is 6.69. The third-order valence-corrected chi connectivity index (χ3v) is 11.1. The van der Waals surface area contributed by atoms with Gasteiger partial charge < -0.3 is 13.4 Å². The van der Waals surface area contributed by atoms with Crippen molar-refractivity contribution in [3.63, 3.8) is 0 Å². The molecule has 0 aliphatic carbocycles. The maximum Gasteiger partial charge on any atom is 0.167 e. The average Bonchev–Trinajstić information content (AvgIpc) is 3.96. The fourth-order valence-electron chi connectivity index (χ4n) is 8.42. The molecule has 12 aromatic rings. The van der Waals surface area contributed by atoms with E-state index in [-0.39, 0.29) is 0 Å². The minimum atomic E-state index is 0.524. The first-order valence-electron chi connectivity index (χ1n) is 19.0. The molecule has 0 saturated carbocycles. The Kier molecular flexibility index (Phi) is 6.83. The molecule has 0 aliphatic heterocycles. The molecule has 6 heteroatoms. The molecule has 12 rings (SSSR count). The van der Waals surface area contributed by atoms with Gasteiger partial charge in [-0.15, -0.1) is 0 Å². The van der Waals surface area contributed by atoms with Crippen LogP contribution in [0.5, 0.6) is 0 Å². The fraction of sp³-hybridized carbons (Fsp3) is 0. The number of benzene rings is 8. The Morgan fingerprint density at radius 1 is 0.333 bits per heavy atom. The molecule has 0 saturated heterocycles. The van der Waals surface area contributed by atoms with Crippen molar-refractivity contribution >= 4 is 65.7 Å². The van der Waals surface area contributed by atoms with Gasteiger partial charge in [-0.3, -0.25) is 0 Å². The number of hydrogen-bond donors (Lipinski definition) is 0. The SMILES string of the molecule is c1ccc(-c2nc(-c3cccc4c3oc3ccccc34)nc(-c3cccc4c3oc3ccc(-c5ccc6c7ccccc7n(-c7ccccc7)c6c5)cc34)n2)cc1. The molecule has 0 aliphatic rings. The first-order chi connectivity index (χ1) is 28.2. The number of fused-ring (bicyclic) bond motifs is 9. The molecule has 6 nitrogen and oxygen atoms in total.